The maximum Gasteiger partial charge on any atom is 0.408 e. The molecule has 0 radical (unpaired) electrons. The van der Waals surface area contributed by atoms with E-state index in [4.69, 9.17) is 4.74 Å². The molecule has 2 unspecified atom stereocenters. The molecule has 3 N–H and O–H groups in total. The minimum Gasteiger partial charge on any atom is -0.508 e. The molecular formula is C25H41N3O5. The predicted octanol–water partition coefficient (Wildman–Crippen LogP) is 4.28. The third kappa shape index (κ3) is 8.94. The highest BCUT2D eigenvalue weighted by Gasteiger charge is 2.41. The van der Waals surface area contributed by atoms with E-state index < -0.39 is 35.2 Å². The first-order valence-electron chi connectivity index (χ1n) is 11.6. The Bertz CT molecular complexity index is 811. The normalized spacial score (nSPS) is 13.6. The molecule has 0 saturated carbocycles. The zero-order valence-corrected chi connectivity index (χ0v) is 21.3. The minimum atomic E-state index is -1.08. The molecule has 2 atom stereocenters. The van der Waals surface area contributed by atoms with Crippen LogP contribution in [0.25, 0.3) is 0 Å². The van der Waals surface area contributed by atoms with Crippen LogP contribution in [0, 0.1) is 0 Å². The van der Waals surface area contributed by atoms with Crippen molar-refractivity contribution in [1.29, 1.82) is 0 Å². The molecule has 0 fully saturated rings. The summed E-state index contributed by atoms with van der Waals surface area (Å²) in [6.45, 7) is 14.7. The van der Waals surface area contributed by atoms with Gasteiger partial charge in [-0.3, -0.25) is 9.59 Å². The molecule has 186 valence electrons. The summed E-state index contributed by atoms with van der Waals surface area (Å²) in [7, 11) is 0. The van der Waals surface area contributed by atoms with E-state index in [1.165, 1.54) is 11.0 Å². The summed E-state index contributed by atoms with van der Waals surface area (Å²) in [5.74, 6) is -0.938. The van der Waals surface area contributed by atoms with Crippen molar-refractivity contribution in [2.45, 2.75) is 97.9 Å². The van der Waals surface area contributed by atoms with Crippen LogP contribution in [0.15, 0.2) is 24.3 Å². The fourth-order valence-electron chi connectivity index (χ4n) is 3.40. The molecule has 0 heterocycles. The molecule has 3 amide bonds. The number of phenols is 1. The van der Waals surface area contributed by atoms with Crippen molar-refractivity contribution in [3.05, 3.63) is 29.8 Å². The molecule has 33 heavy (non-hydrogen) atoms. The fraction of sp³-hybridized carbons (Fsp3) is 0.640. The van der Waals surface area contributed by atoms with Crippen LogP contribution in [0.1, 0.15) is 86.3 Å². The maximum absolute atomic E-state index is 13.6. The Morgan fingerprint density at radius 1 is 1.06 bits per heavy atom. The van der Waals surface area contributed by atoms with Gasteiger partial charge in [-0.05, 0) is 61.0 Å². The average Bonchev–Trinajstić information content (AvgIpc) is 2.67. The number of phenolic OH excluding ortho intramolecular Hbond substituents is 1. The van der Waals surface area contributed by atoms with E-state index >= 15 is 0 Å². The van der Waals surface area contributed by atoms with Gasteiger partial charge < -0.3 is 25.4 Å². The number of hydrogen-bond acceptors (Lipinski definition) is 5. The number of carbonyl (C=O) groups excluding carboxylic acids is 3. The largest absolute Gasteiger partial charge is 0.508 e. The van der Waals surface area contributed by atoms with Gasteiger partial charge in [0.05, 0.1) is 0 Å². The molecule has 0 aliphatic heterocycles. The van der Waals surface area contributed by atoms with E-state index in [0.29, 0.717) is 12.1 Å². The number of para-hydroxylation sites is 1. The van der Waals surface area contributed by atoms with Crippen LogP contribution in [0.3, 0.4) is 0 Å². The van der Waals surface area contributed by atoms with Gasteiger partial charge in [0.15, 0.2) is 0 Å². The average molecular weight is 464 g/mol. The smallest absolute Gasteiger partial charge is 0.408 e. The van der Waals surface area contributed by atoms with Gasteiger partial charge in [0.25, 0.3) is 0 Å². The number of benzene rings is 1. The Hall–Kier alpha value is -2.77. The number of aromatic hydroxyl groups is 1. The van der Waals surface area contributed by atoms with E-state index in [-0.39, 0.29) is 11.7 Å². The fourth-order valence-corrected chi connectivity index (χ4v) is 3.40. The highest BCUT2D eigenvalue weighted by Crippen LogP contribution is 2.34. The first-order chi connectivity index (χ1) is 15.2. The van der Waals surface area contributed by atoms with Gasteiger partial charge in [0, 0.05) is 17.6 Å². The summed E-state index contributed by atoms with van der Waals surface area (Å²) in [4.78, 5) is 40.6. The topological polar surface area (TPSA) is 108 Å². The third-order valence-electron chi connectivity index (χ3n) is 4.88. The number of amides is 3. The van der Waals surface area contributed by atoms with Crippen LogP contribution < -0.4 is 10.6 Å². The maximum atomic E-state index is 13.6. The molecule has 1 aromatic rings. The number of carbonyl (C=O) groups is 3. The van der Waals surface area contributed by atoms with Crippen LogP contribution in [0.5, 0.6) is 5.75 Å². The summed E-state index contributed by atoms with van der Waals surface area (Å²) in [5.41, 5.74) is -1.19. The quantitative estimate of drug-likeness (QED) is 0.474. The van der Waals surface area contributed by atoms with Crippen LogP contribution in [-0.2, 0) is 14.3 Å². The SMILES string of the molecule is CCCCCNC(=O)C(c1ccccc1O)N(C(=O)C(C)NC(=O)OC(C)(C)C)C(C)(C)C. The van der Waals surface area contributed by atoms with Gasteiger partial charge in [-0.1, -0.05) is 38.0 Å². The second kappa shape index (κ2) is 11.9. The number of ether oxygens (including phenoxy) is 1. The molecule has 0 aromatic heterocycles. The Labute approximate surface area is 198 Å². The third-order valence-corrected chi connectivity index (χ3v) is 4.88. The standard InChI is InChI=1S/C25H41N3O5/c1-9-10-13-16-26-21(30)20(18-14-11-12-15-19(18)29)28(24(3,4)5)22(31)17(2)27-23(32)33-25(6,7)8/h11-12,14-15,17,20,29H,9-10,13,16H2,1-8H3,(H,26,30)(H,27,32). The summed E-state index contributed by atoms with van der Waals surface area (Å²) in [6, 6.07) is 4.44. The van der Waals surface area contributed by atoms with Crippen molar-refractivity contribution in [3.8, 4) is 5.75 Å². The van der Waals surface area contributed by atoms with Crippen LogP contribution in [0.4, 0.5) is 4.79 Å². The summed E-state index contributed by atoms with van der Waals surface area (Å²) in [6.07, 6.45) is 2.08. The number of hydrogen-bond donors (Lipinski definition) is 3. The Kier molecular flexibility index (Phi) is 10.2. The Balaban J connectivity index is 3.32. The molecule has 8 nitrogen and oxygen atoms in total. The van der Waals surface area contributed by atoms with E-state index in [0.717, 1.165) is 19.3 Å². The monoisotopic (exact) mass is 463 g/mol. The lowest BCUT2D eigenvalue weighted by Gasteiger charge is -2.42. The molecule has 0 aliphatic carbocycles. The Morgan fingerprint density at radius 3 is 2.18 bits per heavy atom. The Morgan fingerprint density at radius 2 is 1.67 bits per heavy atom. The zero-order chi connectivity index (χ0) is 25.4. The first-order valence-corrected chi connectivity index (χ1v) is 11.6. The molecule has 1 aromatic carbocycles. The number of rotatable bonds is 9. The van der Waals surface area contributed by atoms with Gasteiger partial charge in [0.2, 0.25) is 11.8 Å². The number of nitrogens with zero attached hydrogens (tertiary/aromatic N) is 1. The number of unbranched alkanes of at least 4 members (excludes halogenated alkanes) is 2. The van der Waals surface area contributed by atoms with Crippen LogP contribution in [0.2, 0.25) is 0 Å². The van der Waals surface area contributed by atoms with E-state index in [2.05, 4.69) is 17.6 Å². The van der Waals surface area contributed by atoms with Crippen LogP contribution in [-0.4, -0.2) is 51.6 Å². The summed E-state index contributed by atoms with van der Waals surface area (Å²) < 4.78 is 5.27. The van der Waals surface area contributed by atoms with Crippen molar-refractivity contribution in [2.24, 2.45) is 0 Å². The lowest BCUT2D eigenvalue weighted by molar-refractivity contribution is -0.148. The first kappa shape index (κ1) is 28.3. The second-order valence-corrected chi connectivity index (χ2v) is 10.2. The highest BCUT2D eigenvalue weighted by molar-refractivity contribution is 5.92. The van der Waals surface area contributed by atoms with Gasteiger partial charge in [-0.25, -0.2) is 4.79 Å². The van der Waals surface area contributed by atoms with Gasteiger partial charge >= 0.3 is 6.09 Å². The molecule has 0 bridgehead atoms. The van der Waals surface area contributed by atoms with Crippen molar-refractivity contribution in [3.63, 3.8) is 0 Å². The molecule has 0 spiro atoms. The zero-order valence-electron chi connectivity index (χ0n) is 21.3. The van der Waals surface area contributed by atoms with Gasteiger partial charge in [0.1, 0.15) is 23.4 Å². The van der Waals surface area contributed by atoms with Crippen LogP contribution >= 0.6 is 0 Å². The van der Waals surface area contributed by atoms with Crippen molar-refractivity contribution >= 4 is 17.9 Å². The molecule has 0 aliphatic rings. The molecular weight excluding hydrogens is 422 g/mol. The highest BCUT2D eigenvalue weighted by atomic mass is 16.6. The van der Waals surface area contributed by atoms with E-state index in [1.807, 2.05) is 20.8 Å². The van der Waals surface area contributed by atoms with Crippen molar-refractivity contribution in [1.82, 2.24) is 15.5 Å². The molecule has 8 heteroatoms. The molecule has 1 rings (SSSR count). The van der Waals surface area contributed by atoms with Crippen molar-refractivity contribution < 1.29 is 24.2 Å². The predicted molar refractivity (Wildman–Crippen MR) is 129 cm³/mol. The van der Waals surface area contributed by atoms with Gasteiger partial charge in [-0.2, -0.15) is 0 Å². The second-order valence-electron chi connectivity index (χ2n) is 10.2. The van der Waals surface area contributed by atoms with Gasteiger partial charge in [-0.15, -0.1) is 0 Å². The lowest BCUT2D eigenvalue weighted by atomic mass is 9.95. The number of alkyl carbamates (subject to hydrolysis) is 1. The number of nitrogens with one attached hydrogen (secondary N) is 2. The molecule has 0 saturated heterocycles. The minimum absolute atomic E-state index is 0.0824. The summed E-state index contributed by atoms with van der Waals surface area (Å²) in [5, 5.41) is 16.0. The van der Waals surface area contributed by atoms with E-state index in [9.17, 15) is 19.5 Å². The summed E-state index contributed by atoms with van der Waals surface area (Å²) >= 11 is 0. The lowest BCUT2D eigenvalue weighted by Crippen LogP contribution is -2.58. The van der Waals surface area contributed by atoms with E-state index in [1.54, 1.807) is 45.9 Å². The van der Waals surface area contributed by atoms with Crippen molar-refractivity contribution in [2.75, 3.05) is 6.54 Å².